The number of amides is 3. The number of carbonyl (C=O) groups excluding carboxylic acids is 2. The minimum atomic E-state index is -3.84. The fourth-order valence-corrected chi connectivity index (χ4v) is 5.33. The fraction of sp³-hybridized carbons (Fsp3) is 0.481. The van der Waals surface area contributed by atoms with Gasteiger partial charge in [0.05, 0.1) is 28.3 Å². The lowest BCUT2D eigenvalue weighted by Crippen LogP contribution is -2.52. The summed E-state index contributed by atoms with van der Waals surface area (Å²) in [6, 6.07) is 12.0. The van der Waals surface area contributed by atoms with Gasteiger partial charge in [0.15, 0.2) is 0 Å². The molecule has 0 fully saturated rings. The molecule has 3 atom stereocenters. The van der Waals surface area contributed by atoms with E-state index < -0.39 is 10.0 Å². The second-order valence-corrected chi connectivity index (χ2v) is 11.7. The summed E-state index contributed by atoms with van der Waals surface area (Å²) in [6.07, 6.45) is -0.314. The highest BCUT2D eigenvalue weighted by Gasteiger charge is 2.30. The lowest BCUT2D eigenvalue weighted by Gasteiger charge is -2.36. The summed E-state index contributed by atoms with van der Waals surface area (Å²) < 4.78 is 40.1. The Bertz CT molecular complexity index is 1220. The van der Waals surface area contributed by atoms with Crippen LogP contribution < -0.4 is 14.8 Å². The van der Waals surface area contributed by atoms with E-state index in [1.807, 2.05) is 27.7 Å². The molecule has 0 unspecified atom stereocenters. The monoisotopic (exact) mass is 546 g/mol. The van der Waals surface area contributed by atoms with Crippen LogP contribution in [0.5, 0.6) is 5.75 Å². The summed E-state index contributed by atoms with van der Waals surface area (Å²) >= 11 is 0. The van der Waals surface area contributed by atoms with Crippen molar-refractivity contribution in [3.05, 3.63) is 54.1 Å². The predicted molar refractivity (Wildman–Crippen MR) is 146 cm³/mol. The van der Waals surface area contributed by atoms with Crippen LogP contribution in [0.1, 0.15) is 38.1 Å². The maximum Gasteiger partial charge on any atom is 0.317 e. The number of hydrogen-bond acceptors (Lipinski definition) is 6. The molecule has 2 aromatic rings. The third-order valence-corrected chi connectivity index (χ3v) is 7.82. The van der Waals surface area contributed by atoms with E-state index in [4.69, 9.17) is 9.47 Å². The van der Waals surface area contributed by atoms with Gasteiger partial charge in [-0.25, -0.2) is 13.2 Å². The lowest BCUT2D eigenvalue weighted by molar-refractivity contribution is 0.0165. The molecule has 11 heteroatoms. The highest BCUT2D eigenvalue weighted by molar-refractivity contribution is 7.92. The molecule has 0 bridgehead atoms. The number of urea groups is 1. The predicted octanol–water partition coefficient (Wildman–Crippen LogP) is 3.41. The van der Waals surface area contributed by atoms with E-state index in [-0.39, 0.29) is 64.5 Å². The molecule has 3 amide bonds. The van der Waals surface area contributed by atoms with Crippen LogP contribution in [0.2, 0.25) is 0 Å². The van der Waals surface area contributed by atoms with Crippen LogP contribution in [0.3, 0.4) is 0 Å². The number of anilines is 1. The van der Waals surface area contributed by atoms with Gasteiger partial charge in [-0.3, -0.25) is 9.52 Å². The van der Waals surface area contributed by atoms with Gasteiger partial charge >= 0.3 is 6.03 Å². The summed E-state index contributed by atoms with van der Waals surface area (Å²) in [5.74, 6) is -0.132. The van der Waals surface area contributed by atoms with Crippen molar-refractivity contribution in [1.82, 2.24) is 15.1 Å². The Morgan fingerprint density at radius 2 is 1.79 bits per heavy atom. The van der Waals surface area contributed by atoms with E-state index in [0.717, 1.165) is 0 Å². The van der Waals surface area contributed by atoms with Gasteiger partial charge < -0.3 is 24.6 Å². The van der Waals surface area contributed by atoms with E-state index in [2.05, 4.69) is 10.0 Å². The molecule has 2 aromatic carbocycles. The molecular weight excluding hydrogens is 508 g/mol. The molecule has 1 aliphatic rings. The van der Waals surface area contributed by atoms with Crippen LogP contribution in [0.15, 0.2) is 53.4 Å². The van der Waals surface area contributed by atoms with Crippen molar-refractivity contribution >= 4 is 27.6 Å². The van der Waals surface area contributed by atoms with Gasteiger partial charge in [-0.05, 0) is 45.0 Å². The summed E-state index contributed by atoms with van der Waals surface area (Å²) in [5.41, 5.74) is 0.532. The van der Waals surface area contributed by atoms with E-state index in [1.165, 1.54) is 24.3 Å². The molecule has 0 radical (unpaired) electrons. The zero-order chi connectivity index (χ0) is 28.0. The van der Waals surface area contributed by atoms with Crippen molar-refractivity contribution in [2.24, 2.45) is 5.92 Å². The second-order valence-electron chi connectivity index (χ2n) is 9.98. The van der Waals surface area contributed by atoms with Crippen LogP contribution in [-0.4, -0.2) is 82.2 Å². The highest BCUT2D eigenvalue weighted by Crippen LogP contribution is 2.28. The molecule has 1 heterocycles. The number of fused-ring (bicyclic) bond motifs is 1. The standard InChI is InChI=1S/C27H38N4O6S/c1-18(2)28-27(33)31-15-19(3)25(36-6)16-30(5)26(32)23-13-12-21(14-24(23)37-17-20(31)4)29-38(34,35)22-10-8-7-9-11-22/h7-14,18-20,25,29H,15-17H2,1-6H3,(H,28,33)/t19-,20-,25+/m1/s1. The largest absolute Gasteiger partial charge is 0.491 e. The number of hydrogen-bond donors (Lipinski definition) is 2. The number of sulfonamides is 1. The molecule has 0 saturated carbocycles. The molecular formula is C27H38N4O6S. The first-order valence-electron chi connectivity index (χ1n) is 12.6. The van der Waals surface area contributed by atoms with Gasteiger partial charge in [-0.1, -0.05) is 25.1 Å². The molecule has 3 rings (SSSR count). The molecule has 1 aliphatic heterocycles. The van der Waals surface area contributed by atoms with E-state index in [0.29, 0.717) is 13.1 Å². The zero-order valence-corrected chi connectivity index (χ0v) is 23.6. The average Bonchev–Trinajstić information content (AvgIpc) is 2.87. The van der Waals surface area contributed by atoms with Gasteiger partial charge in [-0.15, -0.1) is 0 Å². The Kier molecular flexibility index (Phi) is 9.61. The third kappa shape index (κ3) is 7.16. The molecule has 0 spiro atoms. The van der Waals surface area contributed by atoms with Crippen molar-refractivity contribution in [3.63, 3.8) is 0 Å². The number of ether oxygens (including phenoxy) is 2. The summed E-state index contributed by atoms with van der Waals surface area (Å²) in [4.78, 5) is 29.8. The Hall–Kier alpha value is -3.31. The number of rotatable bonds is 5. The Morgan fingerprint density at radius 1 is 1.11 bits per heavy atom. The molecule has 0 saturated heterocycles. The minimum absolute atomic E-state index is 0.0461. The minimum Gasteiger partial charge on any atom is -0.491 e. The topological polar surface area (TPSA) is 117 Å². The zero-order valence-electron chi connectivity index (χ0n) is 22.8. The number of methoxy groups -OCH3 is 1. The van der Waals surface area contributed by atoms with Gasteiger partial charge in [0.25, 0.3) is 15.9 Å². The van der Waals surface area contributed by atoms with Crippen molar-refractivity contribution in [2.45, 2.75) is 50.8 Å². The smallest absolute Gasteiger partial charge is 0.317 e. The van der Waals surface area contributed by atoms with Gasteiger partial charge in [0.1, 0.15) is 12.4 Å². The van der Waals surface area contributed by atoms with Crippen molar-refractivity contribution in [3.8, 4) is 5.75 Å². The SMILES string of the molecule is CO[C@H]1CN(C)C(=O)c2ccc(NS(=O)(=O)c3ccccc3)cc2OC[C@@H](C)N(C(=O)NC(C)C)C[C@H]1C. The maximum atomic E-state index is 13.4. The second kappa shape index (κ2) is 12.5. The average molecular weight is 547 g/mol. The first-order chi connectivity index (χ1) is 17.9. The lowest BCUT2D eigenvalue weighted by atomic mass is 10.0. The maximum absolute atomic E-state index is 13.4. The normalized spacial score (nSPS) is 21.1. The van der Waals surface area contributed by atoms with Crippen LogP contribution in [-0.2, 0) is 14.8 Å². The van der Waals surface area contributed by atoms with Crippen molar-refractivity contribution in [2.75, 3.05) is 38.6 Å². The number of benzene rings is 2. The Labute approximate surface area is 225 Å². The van der Waals surface area contributed by atoms with Crippen LogP contribution in [0.4, 0.5) is 10.5 Å². The number of nitrogens with zero attached hydrogens (tertiary/aromatic N) is 2. The van der Waals surface area contributed by atoms with Crippen LogP contribution >= 0.6 is 0 Å². The molecule has 38 heavy (non-hydrogen) atoms. The molecule has 10 nitrogen and oxygen atoms in total. The van der Waals surface area contributed by atoms with Gasteiger partial charge in [0, 0.05) is 45.3 Å². The van der Waals surface area contributed by atoms with Crippen molar-refractivity contribution < 1.29 is 27.5 Å². The number of likely N-dealkylation sites (N-methyl/N-ethyl adjacent to an activating group) is 1. The van der Waals surface area contributed by atoms with Crippen molar-refractivity contribution in [1.29, 1.82) is 0 Å². The first-order valence-corrected chi connectivity index (χ1v) is 14.1. The Morgan fingerprint density at radius 3 is 2.42 bits per heavy atom. The molecule has 0 aliphatic carbocycles. The molecule has 0 aromatic heterocycles. The quantitative estimate of drug-likeness (QED) is 0.594. The Balaban J connectivity index is 1.98. The fourth-order valence-electron chi connectivity index (χ4n) is 4.26. The van der Waals surface area contributed by atoms with E-state index in [9.17, 15) is 18.0 Å². The summed E-state index contributed by atoms with van der Waals surface area (Å²) in [5, 5.41) is 2.94. The summed E-state index contributed by atoms with van der Waals surface area (Å²) in [6.45, 7) is 8.43. The number of nitrogens with one attached hydrogen (secondary N) is 2. The van der Waals surface area contributed by atoms with E-state index >= 15 is 0 Å². The highest BCUT2D eigenvalue weighted by atomic mass is 32.2. The van der Waals surface area contributed by atoms with E-state index in [1.54, 1.807) is 48.2 Å². The first kappa shape index (κ1) is 29.2. The number of carbonyl (C=O) groups is 2. The van der Waals surface area contributed by atoms with Gasteiger partial charge in [-0.2, -0.15) is 0 Å². The van der Waals surface area contributed by atoms with Crippen LogP contribution in [0.25, 0.3) is 0 Å². The molecule has 2 N–H and O–H groups in total. The summed E-state index contributed by atoms with van der Waals surface area (Å²) in [7, 11) is -0.574. The molecule has 208 valence electrons. The van der Waals surface area contributed by atoms with Crippen LogP contribution in [0, 0.1) is 5.92 Å². The third-order valence-electron chi connectivity index (χ3n) is 6.43. The van der Waals surface area contributed by atoms with Gasteiger partial charge in [0.2, 0.25) is 0 Å².